The molecule has 0 saturated carbocycles. The monoisotopic (exact) mass is 467 g/mol. The molecular formula is C23H22ClN5S2. The van der Waals surface area contributed by atoms with Crippen molar-refractivity contribution in [1.29, 1.82) is 0 Å². The summed E-state index contributed by atoms with van der Waals surface area (Å²) in [5.74, 6) is 1.54. The van der Waals surface area contributed by atoms with E-state index >= 15 is 0 Å². The zero-order valence-electron chi connectivity index (χ0n) is 17.3. The number of aromatic nitrogens is 4. The van der Waals surface area contributed by atoms with Crippen LogP contribution < -0.4 is 4.90 Å². The molecule has 4 rings (SSSR count). The normalized spacial score (nSPS) is 10.9. The number of anilines is 1. The Morgan fingerprint density at radius 3 is 2.77 bits per heavy atom. The molecule has 2 aromatic carbocycles. The standard InChI is InChI=1S/C23H22ClN5S2/c1-4-12-29-21(16-8-7-9-18(13-16)28(2)3)26-27-23(29)31-15-17-14-30-22(25-17)19-10-5-6-11-20(19)24/h4-11,13-14H,1,12,15H2,2-3H3. The summed E-state index contributed by atoms with van der Waals surface area (Å²) in [4.78, 5) is 6.83. The zero-order valence-corrected chi connectivity index (χ0v) is 19.7. The van der Waals surface area contributed by atoms with Crippen LogP contribution in [0.4, 0.5) is 5.69 Å². The number of benzene rings is 2. The van der Waals surface area contributed by atoms with Gasteiger partial charge < -0.3 is 4.90 Å². The molecule has 0 aliphatic rings. The van der Waals surface area contributed by atoms with E-state index in [1.54, 1.807) is 23.1 Å². The zero-order chi connectivity index (χ0) is 21.8. The fraction of sp³-hybridized carbons (Fsp3) is 0.174. The van der Waals surface area contributed by atoms with Crippen molar-refractivity contribution in [3.8, 4) is 22.0 Å². The lowest BCUT2D eigenvalue weighted by Crippen LogP contribution is -2.08. The fourth-order valence-electron chi connectivity index (χ4n) is 3.10. The summed E-state index contributed by atoms with van der Waals surface area (Å²) in [5.41, 5.74) is 4.11. The average molecular weight is 468 g/mol. The number of allylic oxidation sites excluding steroid dienone is 1. The highest BCUT2D eigenvalue weighted by molar-refractivity contribution is 7.98. The summed E-state index contributed by atoms with van der Waals surface area (Å²) in [6.07, 6.45) is 1.87. The minimum atomic E-state index is 0.638. The van der Waals surface area contributed by atoms with Crippen molar-refractivity contribution in [3.63, 3.8) is 0 Å². The molecule has 5 nitrogen and oxygen atoms in total. The topological polar surface area (TPSA) is 46.8 Å². The van der Waals surface area contributed by atoms with Gasteiger partial charge in [0.2, 0.25) is 0 Å². The first-order valence-corrected chi connectivity index (χ1v) is 11.9. The van der Waals surface area contributed by atoms with Crippen molar-refractivity contribution < 1.29 is 0 Å². The van der Waals surface area contributed by atoms with Crippen LogP contribution in [0.1, 0.15) is 5.69 Å². The van der Waals surface area contributed by atoms with Crippen molar-refractivity contribution in [1.82, 2.24) is 19.7 Å². The van der Waals surface area contributed by atoms with Crippen LogP contribution in [-0.2, 0) is 12.3 Å². The van der Waals surface area contributed by atoms with E-state index in [9.17, 15) is 0 Å². The highest BCUT2D eigenvalue weighted by Crippen LogP contribution is 2.32. The number of hydrogen-bond donors (Lipinski definition) is 0. The predicted molar refractivity (Wildman–Crippen MR) is 132 cm³/mol. The summed E-state index contributed by atoms with van der Waals surface area (Å²) in [7, 11) is 4.05. The van der Waals surface area contributed by atoms with Gasteiger partial charge >= 0.3 is 0 Å². The maximum atomic E-state index is 6.32. The summed E-state index contributed by atoms with van der Waals surface area (Å²) < 4.78 is 2.09. The largest absolute Gasteiger partial charge is 0.378 e. The average Bonchev–Trinajstić information content (AvgIpc) is 3.40. The van der Waals surface area contributed by atoms with Crippen LogP contribution in [0.3, 0.4) is 0 Å². The molecule has 0 aliphatic heterocycles. The minimum absolute atomic E-state index is 0.638. The minimum Gasteiger partial charge on any atom is -0.378 e. The SMILES string of the molecule is C=CCn1c(SCc2csc(-c3ccccc3Cl)n2)nnc1-c1cccc(N(C)C)c1. The van der Waals surface area contributed by atoms with Crippen LogP contribution in [0.25, 0.3) is 22.0 Å². The van der Waals surface area contributed by atoms with Gasteiger partial charge in [-0.1, -0.05) is 59.8 Å². The van der Waals surface area contributed by atoms with Gasteiger partial charge in [-0.05, 0) is 18.2 Å². The van der Waals surface area contributed by atoms with Crippen molar-refractivity contribution in [3.05, 3.63) is 77.3 Å². The number of rotatable bonds is 8. The Hall–Kier alpha value is -2.61. The Labute approximate surface area is 195 Å². The lowest BCUT2D eigenvalue weighted by molar-refractivity contribution is 0.731. The second-order valence-electron chi connectivity index (χ2n) is 7.06. The molecule has 0 radical (unpaired) electrons. The van der Waals surface area contributed by atoms with Crippen molar-refractivity contribution in [2.75, 3.05) is 19.0 Å². The number of thiazole rings is 1. The molecule has 4 aromatic rings. The molecule has 0 N–H and O–H groups in total. The quantitative estimate of drug-likeness (QED) is 0.226. The molecule has 0 saturated heterocycles. The Balaban J connectivity index is 1.55. The van der Waals surface area contributed by atoms with Crippen molar-refractivity contribution in [2.45, 2.75) is 17.5 Å². The van der Waals surface area contributed by atoms with E-state index in [2.05, 4.69) is 49.8 Å². The second kappa shape index (κ2) is 9.68. The van der Waals surface area contributed by atoms with E-state index in [4.69, 9.17) is 16.6 Å². The van der Waals surface area contributed by atoms with Crippen LogP contribution in [-0.4, -0.2) is 33.8 Å². The summed E-state index contributed by atoms with van der Waals surface area (Å²) in [5, 5.41) is 13.5. The van der Waals surface area contributed by atoms with Gasteiger partial charge in [0.1, 0.15) is 5.01 Å². The molecule has 0 bridgehead atoms. The van der Waals surface area contributed by atoms with Gasteiger partial charge in [0, 0.05) is 48.6 Å². The van der Waals surface area contributed by atoms with E-state index in [1.807, 2.05) is 50.5 Å². The van der Waals surface area contributed by atoms with Crippen LogP contribution in [0.5, 0.6) is 0 Å². The van der Waals surface area contributed by atoms with E-state index in [1.165, 1.54) is 0 Å². The van der Waals surface area contributed by atoms with Gasteiger partial charge in [0.05, 0.1) is 10.7 Å². The molecule has 0 aliphatic carbocycles. The van der Waals surface area contributed by atoms with Gasteiger partial charge in [0.25, 0.3) is 0 Å². The lowest BCUT2D eigenvalue weighted by Gasteiger charge is -2.14. The number of halogens is 1. The van der Waals surface area contributed by atoms with E-state index < -0.39 is 0 Å². The summed E-state index contributed by atoms with van der Waals surface area (Å²) >= 11 is 9.54. The maximum absolute atomic E-state index is 6.32. The van der Waals surface area contributed by atoms with Crippen molar-refractivity contribution in [2.24, 2.45) is 0 Å². The van der Waals surface area contributed by atoms with Gasteiger partial charge in [-0.2, -0.15) is 0 Å². The van der Waals surface area contributed by atoms with Gasteiger partial charge in [-0.15, -0.1) is 28.1 Å². The Morgan fingerprint density at radius 1 is 1.16 bits per heavy atom. The number of thioether (sulfide) groups is 1. The lowest BCUT2D eigenvalue weighted by atomic mass is 10.2. The molecule has 0 unspecified atom stereocenters. The third kappa shape index (κ3) is 4.84. The maximum Gasteiger partial charge on any atom is 0.192 e. The van der Waals surface area contributed by atoms with E-state index in [-0.39, 0.29) is 0 Å². The molecule has 158 valence electrons. The molecule has 0 atom stereocenters. The van der Waals surface area contributed by atoms with Gasteiger partial charge in [-0.3, -0.25) is 4.57 Å². The summed E-state index contributed by atoms with van der Waals surface area (Å²) in [6.45, 7) is 4.54. The number of nitrogens with zero attached hydrogens (tertiary/aromatic N) is 5. The first-order chi connectivity index (χ1) is 15.1. The third-order valence-electron chi connectivity index (χ3n) is 4.65. The molecule has 0 fully saturated rings. The Morgan fingerprint density at radius 2 is 2.00 bits per heavy atom. The molecular weight excluding hydrogens is 446 g/mol. The summed E-state index contributed by atoms with van der Waals surface area (Å²) in [6, 6.07) is 16.1. The smallest absolute Gasteiger partial charge is 0.192 e. The highest BCUT2D eigenvalue weighted by atomic mass is 35.5. The van der Waals surface area contributed by atoms with Gasteiger partial charge in [-0.25, -0.2) is 4.98 Å². The van der Waals surface area contributed by atoms with Crippen LogP contribution in [0.15, 0.2) is 71.7 Å². The highest BCUT2D eigenvalue weighted by Gasteiger charge is 2.15. The van der Waals surface area contributed by atoms with E-state index in [0.717, 1.165) is 38.5 Å². The fourth-order valence-corrected chi connectivity index (χ4v) is 5.18. The first-order valence-electron chi connectivity index (χ1n) is 9.70. The second-order valence-corrected chi connectivity index (χ2v) is 9.27. The van der Waals surface area contributed by atoms with Crippen LogP contribution in [0.2, 0.25) is 5.02 Å². The Kier molecular flexibility index (Phi) is 6.75. The molecule has 2 heterocycles. The molecule has 0 amide bonds. The van der Waals surface area contributed by atoms with Crippen LogP contribution in [0, 0.1) is 0 Å². The first kappa shape index (κ1) is 21.6. The molecule has 31 heavy (non-hydrogen) atoms. The molecule has 8 heteroatoms. The van der Waals surface area contributed by atoms with E-state index in [0.29, 0.717) is 17.3 Å². The molecule has 2 aromatic heterocycles. The van der Waals surface area contributed by atoms with Crippen molar-refractivity contribution >= 4 is 40.4 Å². The van der Waals surface area contributed by atoms with Gasteiger partial charge in [0.15, 0.2) is 11.0 Å². The number of hydrogen-bond acceptors (Lipinski definition) is 6. The van der Waals surface area contributed by atoms with Crippen LogP contribution >= 0.6 is 34.7 Å². The Bertz CT molecular complexity index is 1200. The third-order valence-corrected chi connectivity index (χ3v) is 6.91. The molecule has 0 spiro atoms. The predicted octanol–water partition coefficient (Wildman–Crippen LogP) is 6.27.